The maximum atomic E-state index is 5.93. The Morgan fingerprint density at radius 1 is 1.44 bits per heavy atom. The van der Waals surface area contributed by atoms with Crippen molar-refractivity contribution in [2.75, 3.05) is 17.7 Å². The van der Waals surface area contributed by atoms with Gasteiger partial charge >= 0.3 is 0 Å². The van der Waals surface area contributed by atoms with Gasteiger partial charge in [-0.15, -0.1) is 0 Å². The second-order valence-corrected chi connectivity index (χ2v) is 3.71. The molecule has 0 amide bonds. The predicted octanol–water partition coefficient (Wildman–Crippen LogP) is 1.35. The van der Waals surface area contributed by atoms with E-state index in [9.17, 15) is 0 Å². The molecule has 0 aromatic carbocycles. The lowest BCUT2D eigenvalue weighted by atomic mass is 10.3. The van der Waals surface area contributed by atoms with E-state index < -0.39 is 0 Å². The number of H-pyrrole nitrogens is 1. The molecule has 0 spiro atoms. The van der Waals surface area contributed by atoms with Crippen molar-refractivity contribution in [1.82, 2.24) is 19.9 Å². The lowest BCUT2D eigenvalue weighted by molar-refractivity contribution is 0.328. The number of hydrogen-bond donors (Lipinski definition) is 3. The SMILES string of the molecule is CCOc1ncnc(NC(C)c2ncc[nH]2)c1N. The third-order valence-electron chi connectivity index (χ3n) is 2.41. The van der Waals surface area contributed by atoms with Crippen LogP contribution in [0.15, 0.2) is 18.7 Å². The molecule has 4 N–H and O–H groups in total. The molecule has 0 aliphatic heterocycles. The molecule has 2 aromatic rings. The molecule has 2 aromatic heterocycles. The molecule has 1 unspecified atom stereocenters. The molecule has 7 heteroatoms. The summed E-state index contributed by atoms with van der Waals surface area (Å²) in [6, 6.07) is -0.0355. The first kappa shape index (κ1) is 12.2. The minimum Gasteiger partial charge on any atom is -0.476 e. The van der Waals surface area contributed by atoms with E-state index in [0.29, 0.717) is 24.0 Å². The Bertz CT molecular complexity index is 498. The zero-order chi connectivity index (χ0) is 13.0. The number of rotatable bonds is 5. The number of ether oxygens (including phenoxy) is 1. The van der Waals surface area contributed by atoms with Gasteiger partial charge in [0.2, 0.25) is 5.88 Å². The first-order valence-electron chi connectivity index (χ1n) is 5.71. The number of nitrogens with zero attached hydrogens (tertiary/aromatic N) is 3. The van der Waals surface area contributed by atoms with E-state index >= 15 is 0 Å². The van der Waals surface area contributed by atoms with Gasteiger partial charge < -0.3 is 20.8 Å². The number of nitrogen functional groups attached to an aromatic ring is 1. The van der Waals surface area contributed by atoms with Crippen LogP contribution in [-0.2, 0) is 0 Å². The van der Waals surface area contributed by atoms with Crippen LogP contribution >= 0.6 is 0 Å². The predicted molar refractivity (Wildman–Crippen MR) is 68.2 cm³/mol. The lowest BCUT2D eigenvalue weighted by Gasteiger charge is -2.15. The Morgan fingerprint density at radius 3 is 2.94 bits per heavy atom. The maximum Gasteiger partial charge on any atom is 0.242 e. The number of hydrogen-bond acceptors (Lipinski definition) is 6. The summed E-state index contributed by atoms with van der Waals surface area (Å²) in [7, 11) is 0. The summed E-state index contributed by atoms with van der Waals surface area (Å²) < 4.78 is 5.31. The standard InChI is InChI=1S/C11H16N6O/c1-3-18-11-8(12)10(15-6-16-11)17-7(2)9-13-4-5-14-9/h4-7H,3,12H2,1-2H3,(H,13,14)(H,15,16,17). The van der Waals surface area contributed by atoms with Crippen LogP contribution in [0.5, 0.6) is 5.88 Å². The van der Waals surface area contributed by atoms with E-state index in [-0.39, 0.29) is 6.04 Å². The summed E-state index contributed by atoms with van der Waals surface area (Å²) in [6.45, 7) is 4.34. The Hall–Kier alpha value is -2.31. The molecule has 0 saturated carbocycles. The molecule has 2 rings (SSSR count). The van der Waals surface area contributed by atoms with E-state index in [2.05, 4.69) is 25.3 Å². The summed E-state index contributed by atoms with van der Waals surface area (Å²) in [4.78, 5) is 15.3. The number of nitrogens with two attached hydrogens (primary N) is 1. The van der Waals surface area contributed by atoms with Gasteiger partial charge in [-0.25, -0.2) is 9.97 Å². The summed E-state index contributed by atoms with van der Waals surface area (Å²) >= 11 is 0. The number of nitrogens with one attached hydrogen (secondary N) is 2. The highest BCUT2D eigenvalue weighted by Crippen LogP contribution is 2.26. The Morgan fingerprint density at radius 2 is 2.28 bits per heavy atom. The zero-order valence-corrected chi connectivity index (χ0v) is 10.3. The van der Waals surface area contributed by atoms with Crippen molar-refractivity contribution in [2.24, 2.45) is 0 Å². The third kappa shape index (κ3) is 2.50. The van der Waals surface area contributed by atoms with Crippen LogP contribution in [0.25, 0.3) is 0 Å². The number of anilines is 2. The average molecular weight is 248 g/mol. The van der Waals surface area contributed by atoms with Crippen LogP contribution in [0.3, 0.4) is 0 Å². The summed E-state index contributed by atoms with van der Waals surface area (Å²) in [5, 5.41) is 3.16. The van der Waals surface area contributed by atoms with E-state index in [4.69, 9.17) is 10.5 Å². The first-order chi connectivity index (χ1) is 8.72. The van der Waals surface area contributed by atoms with Crippen molar-refractivity contribution in [3.63, 3.8) is 0 Å². The van der Waals surface area contributed by atoms with Crippen molar-refractivity contribution in [3.05, 3.63) is 24.5 Å². The summed E-state index contributed by atoms with van der Waals surface area (Å²) in [5.41, 5.74) is 6.33. The van der Waals surface area contributed by atoms with Gasteiger partial charge in [-0.2, -0.15) is 4.98 Å². The number of aromatic amines is 1. The van der Waals surface area contributed by atoms with Crippen LogP contribution in [0, 0.1) is 0 Å². The first-order valence-corrected chi connectivity index (χ1v) is 5.71. The minimum atomic E-state index is -0.0355. The third-order valence-corrected chi connectivity index (χ3v) is 2.41. The molecule has 96 valence electrons. The zero-order valence-electron chi connectivity index (χ0n) is 10.3. The second kappa shape index (κ2) is 5.35. The van der Waals surface area contributed by atoms with E-state index in [1.807, 2.05) is 13.8 Å². The van der Waals surface area contributed by atoms with Gasteiger partial charge in [0, 0.05) is 12.4 Å². The molecular weight excluding hydrogens is 232 g/mol. The quantitative estimate of drug-likeness (QED) is 0.738. The second-order valence-electron chi connectivity index (χ2n) is 3.71. The molecule has 0 aliphatic carbocycles. The van der Waals surface area contributed by atoms with Crippen molar-refractivity contribution >= 4 is 11.5 Å². The number of imidazole rings is 1. The molecule has 0 radical (unpaired) electrons. The Labute approximate surface area is 105 Å². The Kier molecular flexibility index (Phi) is 3.61. The van der Waals surface area contributed by atoms with Gasteiger partial charge in [0.25, 0.3) is 0 Å². The highest BCUT2D eigenvalue weighted by Gasteiger charge is 2.13. The van der Waals surface area contributed by atoms with E-state index in [1.54, 1.807) is 12.4 Å². The molecule has 0 fully saturated rings. The fourth-order valence-corrected chi connectivity index (χ4v) is 1.53. The van der Waals surface area contributed by atoms with Crippen molar-refractivity contribution in [1.29, 1.82) is 0 Å². The molecule has 0 aliphatic rings. The van der Waals surface area contributed by atoms with Crippen molar-refractivity contribution in [3.8, 4) is 5.88 Å². The van der Waals surface area contributed by atoms with Crippen molar-refractivity contribution in [2.45, 2.75) is 19.9 Å². The molecule has 0 saturated heterocycles. The molecule has 0 bridgehead atoms. The summed E-state index contributed by atoms with van der Waals surface area (Å²) in [6.07, 6.45) is 4.88. The maximum absolute atomic E-state index is 5.93. The normalized spacial score (nSPS) is 12.1. The molecule has 7 nitrogen and oxygen atoms in total. The van der Waals surface area contributed by atoms with Gasteiger partial charge in [-0.1, -0.05) is 0 Å². The van der Waals surface area contributed by atoms with Gasteiger partial charge in [-0.3, -0.25) is 0 Å². The minimum absolute atomic E-state index is 0.0355. The molecule has 18 heavy (non-hydrogen) atoms. The largest absolute Gasteiger partial charge is 0.476 e. The smallest absolute Gasteiger partial charge is 0.242 e. The van der Waals surface area contributed by atoms with Crippen molar-refractivity contribution < 1.29 is 4.74 Å². The van der Waals surface area contributed by atoms with Crippen LogP contribution in [0.4, 0.5) is 11.5 Å². The van der Waals surface area contributed by atoms with Crippen LogP contribution in [-0.4, -0.2) is 26.5 Å². The lowest BCUT2D eigenvalue weighted by Crippen LogP contribution is -2.12. The Balaban J connectivity index is 2.16. The van der Waals surface area contributed by atoms with E-state index in [0.717, 1.165) is 5.82 Å². The van der Waals surface area contributed by atoms with Gasteiger partial charge in [0.05, 0.1) is 12.6 Å². The fraction of sp³-hybridized carbons (Fsp3) is 0.364. The molecule has 1 atom stereocenters. The number of aromatic nitrogens is 4. The van der Waals surface area contributed by atoms with E-state index in [1.165, 1.54) is 6.33 Å². The highest BCUT2D eigenvalue weighted by molar-refractivity contribution is 5.66. The monoisotopic (exact) mass is 248 g/mol. The highest BCUT2D eigenvalue weighted by atomic mass is 16.5. The van der Waals surface area contributed by atoms with Crippen LogP contribution in [0.2, 0.25) is 0 Å². The van der Waals surface area contributed by atoms with Crippen LogP contribution in [0.1, 0.15) is 25.7 Å². The van der Waals surface area contributed by atoms with Gasteiger partial charge in [0.15, 0.2) is 5.82 Å². The van der Waals surface area contributed by atoms with Crippen LogP contribution < -0.4 is 15.8 Å². The average Bonchev–Trinajstić information content (AvgIpc) is 2.88. The molecule has 2 heterocycles. The molecular formula is C11H16N6O. The van der Waals surface area contributed by atoms with Gasteiger partial charge in [0.1, 0.15) is 17.8 Å². The van der Waals surface area contributed by atoms with Gasteiger partial charge in [-0.05, 0) is 13.8 Å². The summed E-state index contributed by atoms with van der Waals surface area (Å²) in [5.74, 6) is 1.74. The topological polar surface area (TPSA) is 102 Å². The fourth-order valence-electron chi connectivity index (χ4n) is 1.53.